The summed E-state index contributed by atoms with van der Waals surface area (Å²) < 4.78 is 1.19. The zero-order valence-electron chi connectivity index (χ0n) is 13.1. The highest BCUT2D eigenvalue weighted by atomic mass is 79.9. The molecule has 2 heteroatoms. The smallest absolute Gasteiger partial charge is 0.0363 e. The van der Waals surface area contributed by atoms with Gasteiger partial charge in [-0.15, -0.1) is 0 Å². The maximum absolute atomic E-state index is 3.70. The summed E-state index contributed by atoms with van der Waals surface area (Å²) >= 11 is 3.67. The normalized spacial score (nSPS) is 12.4. The largest absolute Gasteiger partial charge is 0.310 e. The average molecular weight is 346 g/mol. The van der Waals surface area contributed by atoms with Crippen molar-refractivity contribution in [1.29, 1.82) is 0 Å². The third-order valence-electron chi connectivity index (χ3n) is 3.82. The third-order valence-corrected chi connectivity index (χ3v) is 4.60. The van der Waals surface area contributed by atoms with Gasteiger partial charge in [0, 0.05) is 10.5 Å². The number of halogens is 1. The lowest BCUT2D eigenvalue weighted by Gasteiger charge is -2.22. The fourth-order valence-corrected chi connectivity index (χ4v) is 3.16. The number of hydrogen-bond donors (Lipinski definition) is 1. The fourth-order valence-electron chi connectivity index (χ4n) is 2.71. The van der Waals surface area contributed by atoms with Crippen molar-refractivity contribution in [3.05, 3.63) is 69.2 Å². The Morgan fingerprint density at radius 1 is 1.10 bits per heavy atom. The molecule has 1 atom stereocenters. The number of aryl methyl sites for hydroxylation is 2. The lowest BCUT2D eigenvalue weighted by Crippen LogP contribution is -2.25. The van der Waals surface area contributed by atoms with Crippen LogP contribution in [0.5, 0.6) is 0 Å². The highest BCUT2D eigenvalue weighted by molar-refractivity contribution is 9.10. The van der Waals surface area contributed by atoms with E-state index in [0.29, 0.717) is 6.04 Å². The van der Waals surface area contributed by atoms with Crippen molar-refractivity contribution in [2.24, 2.45) is 0 Å². The molecule has 0 saturated carbocycles. The second-order valence-electron chi connectivity index (χ2n) is 5.66. The van der Waals surface area contributed by atoms with Gasteiger partial charge in [-0.05, 0) is 56.0 Å². The fraction of sp³-hybridized carbons (Fsp3) is 0.368. The summed E-state index contributed by atoms with van der Waals surface area (Å²) in [6, 6.07) is 15.6. The quantitative estimate of drug-likeness (QED) is 0.743. The van der Waals surface area contributed by atoms with E-state index in [4.69, 9.17) is 0 Å². The minimum atomic E-state index is 0.365. The molecule has 2 aromatic rings. The van der Waals surface area contributed by atoms with Gasteiger partial charge in [0.05, 0.1) is 0 Å². The molecule has 0 spiro atoms. The summed E-state index contributed by atoms with van der Waals surface area (Å²) in [5.74, 6) is 0. The molecule has 112 valence electrons. The van der Waals surface area contributed by atoms with Crippen LogP contribution in [0.4, 0.5) is 0 Å². The average Bonchev–Trinajstić information content (AvgIpc) is 2.46. The van der Waals surface area contributed by atoms with E-state index in [9.17, 15) is 0 Å². The van der Waals surface area contributed by atoms with Crippen LogP contribution in [0.1, 0.15) is 41.6 Å². The van der Waals surface area contributed by atoms with E-state index in [2.05, 4.69) is 84.5 Å². The van der Waals surface area contributed by atoms with Gasteiger partial charge in [0.1, 0.15) is 0 Å². The van der Waals surface area contributed by atoms with Gasteiger partial charge in [-0.1, -0.05) is 64.8 Å². The monoisotopic (exact) mass is 345 g/mol. The van der Waals surface area contributed by atoms with Gasteiger partial charge in [0.2, 0.25) is 0 Å². The molecule has 0 heterocycles. The molecule has 0 radical (unpaired) electrons. The molecule has 0 aliphatic heterocycles. The molecule has 1 N–H and O–H groups in total. The first-order valence-corrected chi connectivity index (χ1v) is 8.45. The van der Waals surface area contributed by atoms with Gasteiger partial charge in [-0.25, -0.2) is 0 Å². The Labute approximate surface area is 136 Å². The highest BCUT2D eigenvalue weighted by Gasteiger charge is 2.15. The van der Waals surface area contributed by atoms with Crippen LogP contribution in [0.25, 0.3) is 0 Å². The van der Waals surface area contributed by atoms with Crippen molar-refractivity contribution < 1.29 is 0 Å². The minimum Gasteiger partial charge on any atom is -0.310 e. The van der Waals surface area contributed by atoms with Crippen molar-refractivity contribution in [3.8, 4) is 0 Å². The van der Waals surface area contributed by atoms with Crippen LogP contribution in [-0.4, -0.2) is 6.54 Å². The molecule has 21 heavy (non-hydrogen) atoms. The number of hydrogen-bond acceptors (Lipinski definition) is 1. The molecule has 0 aromatic heterocycles. The first-order chi connectivity index (χ1) is 10.1. The maximum atomic E-state index is 3.70. The van der Waals surface area contributed by atoms with Crippen molar-refractivity contribution in [2.45, 2.75) is 39.7 Å². The van der Waals surface area contributed by atoms with E-state index < -0.39 is 0 Å². The Balaban J connectivity index is 2.27. The standard InChI is InChI=1S/C19H24BrN/c1-4-11-21-19(13-16-7-5-6-8-18(16)20)17-10-9-14(2)12-15(17)3/h5-10,12,19,21H,4,11,13H2,1-3H3. The zero-order chi connectivity index (χ0) is 15.2. The number of nitrogens with one attached hydrogen (secondary N) is 1. The van der Waals surface area contributed by atoms with E-state index in [0.717, 1.165) is 19.4 Å². The molecular formula is C19H24BrN. The summed E-state index contributed by atoms with van der Waals surface area (Å²) in [7, 11) is 0. The van der Waals surface area contributed by atoms with Gasteiger partial charge in [0.15, 0.2) is 0 Å². The topological polar surface area (TPSA) is 12.0 Å². The minimum absolute atomic E-state index is 0.365. The predicted octanol–water partition coefficient (Wildman–Crippen LogP) is 5.35. The summed E-state index contributed by atoms with van der Waals surface area (Å²) in [4.78, 5) is 0. The van der Waals surface area contributed by atoms with Crippen LogP contribution in [0, 0.1) is 13.8 Å². The Kier molecular flexibility index (Phi) is 6.01. The molecule has 2 aromatic carbocycles. The molecule has 1 nitrogen and oxygen atoms in total. The third kappa shape index (κ3) is 4.42. The zero-order valence-corrected chi connectivity index (χ0v) is 14.7. The summed E-state index contributed by atoms with van der Waals surface area (Å²) in [5.41, 5.74) is 5.46. The van der Waals surface area contributed by atoms with Gasteiger partial charge < -0.3 is 5.32 Å². The molecule has 0 saturated heterocycles. The molecular weight excluding hydrogens is 322 g/mol. The molecule has 0 aliphatic carbocycles. The molecule has 0 fully saturated rings. The first-order valence-electron chi connectivity index (χ1n) is 7.65. The summed E-state index contributed by atoms with van der Waals surface area (Å²) in [6.07, 6.45) is 2.16. The Morgan fingerprint density at radius 3 is 2.52 bits per heavy atom. The highest BCUT2D eigenvalue weighted by Crippen LogP contribution is 2.26. The van der Waals surface area contributed by atoms with Crippen LogP contribution >= 0.6 is 15.9 Å². The molecule has 0 bridgehead atoms. The van der Waals surface area contributed by atoms with E-state index in [1.54, 1.807) is 0 Å². The first kappa shape index (κ1) is 16.3. The van der Waals surface area contributed by atoms with Crippen LogP contribution in [-0.2, 0) is 6.42 Å². The van der Waals surface area contributed by atoms with Crippen LogP contribution in [0.15, 0.2) is 46.9 Å². The Morgan fingerprint density at radius 2 is 1.86 bits per heavy atom. The van der Waals surface area contributed by atoms with Crippen molar-refractivity contribution in [1.82, 2.24) is 5.32 Å². The van der Waals surface area contributed by atoms with Crippen molar-refractivity contribution in [3.63, 3.8) is 0 Å². The van der Waals surface area contributed by atoms with Crippen molar-refractivity contribution in [2.75, 3.05) is 6.54 Å². The second-order valence-corrected chi connectivity index (χ2v) is 6.52. The van der Waals surface area contributed by atoms with E-state index in [1.165, 1.54) is 26.7 Å². The maximum Gasteiger partial charge on any atom is 0.0363 e. The van der Waals surface area contributed by atoms with Gasteiger partial charge in [-0.2, -0.15) is 0 Å². The molecule has 0 aliphatic rings. The Bertz CT molecular complexity index is 592. The van der Waals surface area contributed by atoms with Gasteiger partial charge in [-0.3, -0.25) is 0 Å². The Hall–Kier alpha value is -1.12. The molecule has 2 rings (SSSR count). The lowest BCUT2D eigenvalue weighted by molar-refractivity contribution is 0.526. The van der Waals surface area contributed by atoms with E-state index in [1.807, 2.05) is 0 Å². The number of benzene rings is 2. The summed E-state index contributed by atoms with van der Waals surface area (Å²) in [6.45, 7) is 7.62. The molecule has 1 unspecified atom stereocenters. The van der Waals surface area contributed by atoms with Gasteiger partial charge in [0.25, 0.3) is 0 Å². The molecule has 0 amide bonds. The SMILES string of the molecule is CCCNC(Cc1ccccc1Br)c1ccc(C)cc1C. The summed E-state index contributed by atoms with van der Waals surface area (Å²) in [5, 5.41) is 3.70. The number of rotatable bonds is 6. The van der Waals surface area contributed by atoms with E-state index in [-0.39, 0.29) is 0 Å². The lowest BCUT2D eigenvalue weighted by atomic mass is 9.94. The van der Waals surface area contributed by atoms with Crippen LogP contribution in [0.2, 0.25) is 0 Å². The van der Waals surface area contributed by atoms with Crippen LogP contribution in [0.3, 0.4) is 0 Å². The van der Waals surface area contributed by atoms with Gasteiger partial charge >= 0.3 is 0 Å². The van der Waals surface area contributed by atoms with Crippen LogP contribution < -0.4 is 5.32 Å². The van der Waals surface area contributed by atoms with E-state index >= 15 is 0 Å². The predicted molar refractivity (Wildman–Crippen MR) is 94.8 cm³/mol. The second kappa shape index (κ2) is 7.77. The van der Waals surface area contributed by atoms with Crippen molar-refractivity contribution >= 4 is 15.9 Å².